The van der Waals surface area contributed by atoms with Gasteiger partial charge < -0.3 is 9.88 Å². The second kappa shape index (κ2) is 6.92. The third-order valence-corrected chi connectivity index (χ3v) is 5.47. The third kappa shape index (κ3) is 3.12. The number of nitrogens with one attached hydrogen (secondary N) is 1. The van der Waals surface area contributed by atoms with Crippen molar-refractivity contribution in [2.75, 3.05) is 0 Å². The first kappa shape index (κ1) is 18.5. The number of carbonyl (C=O) groups is 1. The second-order valence-electron chi connectivity index (χ2n) is 6.70. The van der Waals surface area contributed by atoms with Gasteiger partial charge in [0.05, 0.1) is 23.4 Å². The van der Waals surface area contributed by atoms with E-state index in [0.717, 1.165) is 16.6 Å². The van der Waals surface area contributed by atoms with Gasteiger partial charge in [0.15, 0.2) is 11.4 Å². The molecule has 0 saturated carbocycles. The summed E-state index contributed by atoms with van der Waals surface area (Å²) in [6, 6.07) is 7.87. The van der Waals surface area contributed by atoms with Crippen LogP contribution in [-0.4, -0.2) is 29.5 Å². The van der Waals surface area contributed by atoms with E-state index in [-0.39, 0.29) is 17.9 Å². The summed E-state index contributed by atoms with van der Waals surface area (Å²) in [5, 5.41) is 2.93. The predicted molar refractivity (Wildman–Crippen MR) is 114 cm³/mol. The van der Waals surface area contributed by atoms with E-state index >= 15 is 0 Å². The van der Waals surface area contributed by atoms with Gasteiger partial charge in [-0.15, -0.1) is 0 Å². The number of ketones is 1. The van der Waals surface area contributed by atoms with Gasteiger partial charge in [-0.05, 0) is 17.2 Å². The van der Waals surface area contributed by atoms with E-state index in [1.807, 2.05) is 28.8 Å². The number of hydrogen-bond acceptors (Lipinski definition) is 5. The smallest absolute Gasteiger partial charge is 0.330 e. The van der Waals surface area contributed by atoms with Crippen molar-refractivity contribution in [2.24, 2.45) is 14.1 Å². The fourth-order valence-electron chi connectivity index (χ4n) is 3.22. The summed E-state index contributed by atoms with van der Waals surface area (Å²) in [5.74, 6) is 0.00965. The molecule has 3 aromatic rings. The van der Waals surface area contributed by atoms with E-state index in [9.17, 15) is 9.59 Å². The Labute approximate surface area is 170 Å². The lowest BCUT2D eigenvalue weighted by Crippen LogP contribution is -2.28. The zero-order valence-electron chi connectivity index (χ0n) is 15.3. The number of nitrogens with zero attached hydrogens (tertiary/aromatic N) is 4. The average molecular weight is 412 g/mol. The Morgan fingerprint density at radius 1 is 1.14 bits per heavy atom. The van der Waals surface area contributed by atoms with Gasteiger partial charge in [-0.1, -0.05) is 48.7 Å². The first-order valence-electron chi connectivity index (χ1n) is 8.59. The Morgan fingerprint density at radius 3 is 2.50 bits per heavy atom. The van der Waals surface area contributed by atoms with Gasteiger partial charge in [0.2, 0.25) is 0 Å². The van der Waals surface area contributed by atoms with Crippen LogP contribution in [0.4, 0.5) is 0 Å². The summed E-state index contributed by atoms with van der Waals surface area (Å²) in [4.78, 5) is 28.9. The molecule has 1 aromatic carbocycles. The van der Waals surface area contributed by atoms with Crippen molar-refractivity contribution in [3.63, 3.8) is 0 Å². The molecular formula is C19H17N5O2S2. The van der Waals surface area contributed by atoms with E-state index in [1.165, 1.54) is 9.13 Å². The highest BCUT2D eigenvalue weighted by Crippen LogP contribution is 2.17. The van der Waals surface area contributed by atoms with Gasteiger partial charge in [0, 0.05) is 20.6 Å². The lowest BCUT2D eigenvalue weighted by Gasteiger charge is -2.08. The zero-order valence-corrected chi connectivity index (χ0v) is 16.9. The number of allylic oxidation sites excluding steroid dienone is 1. The van der Waals surface area contributed by atoms with Crippen molar-refractivity contribution >= 4 is 52.4 Å². The van der Waals surface area contributed by atoms with Crippen LogP contribution in [0, 0.1) is 4.64 Å². The Morgan fingerprint density at radius 2 is 1.86 bits per heavy atom. The molecule has 1 aliphatic rings. The molecule has 0 atom stereocenters. The van der Waals surface area contributed by atoms with Crippen LogP contribution in [0.25, 0.3) is 17.2 Å². The number of fused-ring (bicyclic) bond motifs is 1. The number of benzene rings is 1. The standard InChI is InChI=1S/C19H17N5O2S2/c1-22-17-16(18(28)23(2)19(22)26)24(10-20-17)9-12-5-3-11(4-6-12)7-13-14(25)8-15(27)21-13/h3-7,10H,8-9H2,1-2H3,(H,21,27)/b13-7-. The molecule has 0 bridgehead atoms. The number of Topliss-reactive ketones (excluding diaryl/α,β-unsaturated/α-hetero) is 1. The number of aromatic nitrogens is 4. The summed E-state index contributed by atoms with van der Waals surface area (Å²) in [6.45, 7) is 0.566. The van der Waals surface area contributed by atoms with E-state index in [1.54, 1.807) is 26.5 Å². The highest BCUT2D eigenvalue weighted by molar-refractivity contribution is 7.80. The first-order valence-corrected chi connectivity index (χ1v) is 9.41. The van der Waals surface area contributed by atoms with Crippen molar-refractivity contribution in [1.29, 1.82) is 0 Å². The van der Waals surface area contributed by atoms with Crippen molar-refractivity contribution in [2.45, 2.75) is 13.0 Å². The minimum Gasteiger partial charge on any atom is -0.347 e. The molecule has 2 aromatic heterocycles. The van der Waals surface area contributed by atoms with Crippen LogP contribution in [-0.2, 0) is 25.4 Å². The first-order chi connectivity index (χ1) is 13.3. The van der Waals surface area contributed by atoms with Gasteiger partial charge in [-0.2, -0.15) is 0 Å². The normalized spacial score (nSPS) is 15.6. The minimum atomic E-state index is -0.199. The molecule has 142 valence electrons. The molecule has 0 amide bonds. The van der Waals surface area contributed by atoms with E-state index in [4.69, 9.17) is 24.4 Å². The molecule has 4 rings (SSSR count). The molecule has 1 fully saturated rings. The molecule has 0 radical (unpaired) electrons. The maximum absolute atomic E-state index is 12.2. The molecule has 7 nitrogen and oxygen atoms in total. The number of carbonyl (C=O) groups excluding carboxylic acids is 1. The molecule has 0 spiro atoms. The summed E-state index contributed by atoms with van der Waals surface area (Å²) in [7, 11) is 3.34. The molecule has 1 N–H and O–H groups in total. The fourth-order valence-corrected chi connectivity index (χ4v) is 3.75. The van der Waals surface area contributed by atoms with Crippen molar-refractivity contribution in [3.05, 3.63) is 62.5 Å². The molecule has 1 saturated heterocycles. The summed E-state index contributed by atoms with van der Waals surface area (Å²) >= 11 is 10.5. The summed E-state index contributed by atoms with van der Waals surface area (Å²) in [5.41, 5.74) is 3.61. The van der Waals surface area contributed by atoms with Gasteiger partial charge in [0.1, 0.15) is 10.2 Å². The summed E-state index contributed by atoms with van der Waals surface area (Å²) in [6.07, 6.45) is 3.77. The zero-order chi connectivity index (χ0) is 20.0. The van der Waals surface area contributed by atoms with Crippen molar-refractivity contribution in [3.8, 4) is 0 Å². The van der Waals surface area contributed by atoms with E-state index in [0.29, 0.717) is 27.5 Å². The SMILES string of the molecule is Cn1c(=S)c2c(ncn2Cc2ccc(/C=C3\NC(=S)CC3=O)cc2)n(C)c1=O. The maximum Gasteiger partial charge on any atom is 0.330 e. The average Bonchev–Trinajstić information content (AvgIpc) is 3.22. The Bertz CT molecular complexity index is 1280. The fraction of sp³-hybridized carbons (Fsp3) is 0.211. The van der Waals surface area contributed by atoms with E-state index in [2.05, 4.69) is 10.3 Å². The van der Waals surface area contributed by atoms with Crippen LogP contribution < -0.4 is 11.0 Å². The Kier molecular flexibility index (Phi) is 4.56. The highest BCUT2D eigenvalue weighted by Gasteiger charge is 2.20. The largest absolute Gasteiger partial charge is 0.347 e. The number of thiocarbonyl (C=S) groups is 1. The third-order valence-electron chi connectivity index (χ3n) is 4.76. The number of rotatable bonds is 3. The van der Waals surface area contributed by atoms with Crippen molar-refractivity contribution in [1.82, 2.24) is 24.0 Å². The molecule has 28 heavy (non-hydrogen) atoms. The van der Waals surface area contributed by atoms with Crippen LogP contribution in [0.5, 0.6) is 0 Å². The number of aryl methyl sites for hydroxylation is 1. The molecule has 9 heteroatoms. The molecule has 0 unspecified atom stereocenters. The maximum atomic E-state index is 12.2. The van der Waals surface area contributed by atoms with Crippen LogP contribution in [0.1, 0.15) is 17.5 Å². The summed E-state index contributed by atoms with van der Waals surface area (Å²) < 4.78 is 5.33. The quantitative estimate of drug-likeness (QED) is 0.526. The van der Waals surface area contributed by atoms with Crippen molar-refractivity contribution < 1.29 is 4.79 Å². The lowest BCUT2D eigenvalue weighted by atomic mass is 10.1. The molecular weight excluding hydrogens is 394 g/mol. The van der Waals surface area contributed by atoms with Crippen LogP contribution >= 0.6 is 24.4 Å². The lowest BCUT2D eigenvalue weighted by molar-refractivity contribution is -0.114. The molecule has 0 aliphatic carbocycles. The monoisotopic (exact) mass is 411 g/mol. The molecule has 3 heterocycles. The second-order valence-corrected chi connectivity index (χ2v) is 7.58. The van der Waals surface area contributed by atoms with Crippen LogP contribution in [0.2, 0.25) is 0 Å². The topological polar surface area (TPSA) is 73.8 Å². The Hall–Kier alpha value is -2.91. The number of imidazole rings is 1. The van der Waals surface area contributed by atoms with Gasteiger partial charge in [-0.25, -0.2) is 9.78 Å². The van der Waals surface area contributed by atoms with Crippen LogP contribution in [0.3, 0.4) is 0 Å². The minimum absolute atomic E-state index is 0.00965. The highest BCUT2D eigenvalue weighted by atomic mass is 32.1. The van der Waals surface area contributed by atoms with E-state index < -0.39 is 0 Å². The van der Waals surface area contributed by atoms with Gasteiger partial charge >= 0.3 is 5.69 Å². The van der Waals surface area contributed by atoms with Gasteiger partial charge in [0.25, 0.3) is 0 Å². The van der Waals surface area contributed by atoms with Gasteiger partial charge in [-0.3, -0.25) is 13.9 Å². The molecule has 1 aliphatic heterocycles. The predicted octanol–water partition coefficient (Wildman–Crippen LogP) is 2.08. The van der Waals surface area contributed by atoms with Crippen LogP contribution in [0.15, 0.2) is 41.1 Å². The Balaban J connectivity index is 1.65. The number of hydrogen-bond donors (Lipinski definition) is 1.